The molecule has 4 nitrogen and oxygen atoms in total. The molecule has 0 aliphatic heterocycles. The number of esters is 1. The number of hydrogen-bond donors (Lipinski definition) is 2. The van der Waals surface area contributed by atoms with Gasteiger partial charge in [-0.25, -0.2) is 4.79 Å². The summed E-state index contributed by atoms with van der Waals surface area (Å²) in [5.74, 6) is -0.687. The van der Waals surface area contributed by atoms with Crippen molar-refractivity contribution in [3.63, 3.8) is 0 Å². The molecule has 0 saturated carbocycles. The van der Waals surface area contributed by atoms with Crippen LogP contribution in [0.15, 0.2) is 60.7 Å². The fourth-order valence-electron chi connectivity index (χ4n) is 2.57. The molecule has 0 fully saturated rings. The molecule has 0 bridgehead atoms. The third-order valence-corrected chi connectivity index (χ3v) is 3.68. The van der Waals surface area contributed by atoms with Crippen LogP contribution >= 0.6 is 0 Å². The maximum atomic E-state index is 12.5. The zero-order chi connectivity index (χ0) is 15.6. The number of H-pyrrole nitrogens is 1. The standard InChI is InChI=1S/C18H17NO3/c1-2-22-17(20)18(21,14-9-4-3-5-10-14)16-12-13-8-6-7-11-15(13)19-16/h3-12,19,21H,2H2,1H3/t18-/m1/s1. The molecule has 0 amide bonds. The smallest absolute Gasteiger partial charge is 0.349 e. The molecule has 3 aromatic rings. The summed E-state index contributed by atoms with van der Waals surface area (Å²) in [6.45, 7) is 1.92. The number of hydrogen-bond acceptors (Lipinski definition) is 3. The second-order valence-corrected chi connectivity index (χ2v) is 5.07. The molecule has 1 aromatic heterocycles. The number of benzene rings is 2. The number of aromatic nitrogens is 1. The Bertz CT molecular complexity index is 761. The van der Waals surface area contributed by atoms with Gasteiger partial charge in [0.1, 0.15) is 0 Å². The molecule has 4 heteroatoms. The summed E-state index contributed by atoms with van der Waals surface area (Å²) in [4.78, 5) is 15.6. The minimum Gasteiger partial charge on any atom is -0.463 e. The summed E-state index contributed by atoms with van der Waals surface area (Å²) < 4.78 is 5.10. The third-order valence-electron chi connectivity index (χ3n) is 3.68. The normalized spacial score (nSPS) is 13.7. The van der Waals surface area contributed by atoms with E-state index in [1.165, 1.54) is 0 Å². The molecule has 2 aromatic carbocycles. The van der Waals surface area contributed by atoms with E-state index < -0.39 is 11.6 Å². The molecule has 2 N–H and O–H groups in total. The van der Waals surface area contributed by atoms with Gasteiger partial charge in [-0.05, 0) is 24.4 Å². The first-order valence-electron chi connectivity index (χ1n) is 7.19. The largest absolute Gasteiger partial charge is 0.463 e. The first-order chi connectivity index (χ1) is 10.7. The highest BCUT2D eigenvalue weighted by atomic mass is 16.5. The van der Waals surface area contributed by atoms with Crippen LogP contribution in [0.1, 0.15) is 18.2 Å². The van der Waals surface area contributed by atoms with Crippen molar-refractivity contribution in [1.29, 1.82) is 0 Å². The third kappa shape index (κ3) is 2.27. The fourth-order valence-corrected chi connectivity index (χ4v) is 2.57. The summed E-state index contributed by atoms with van der Waals surface area (Å²) in [6.07, 6.45) is 0. The molecule has 0 spiro atoms. The minimum absolute atomic E-state index is 0.203. The molecule has 0 saturated heterocycles. The Morgan fingerprint density at radius 3 is 2.50 bits per heavy atom. The Balaban J connectivity index is 2.18. The van der Waals surface area contributed by atoms with Crippen molar-refractivity contribution in [2.24, 2.45) is 0 Å². The van der Waals surface area contributed by atoms with Gasteiger partial charge in [0, 0.05) is 11.1 Å². The average Bonchev–Trinajstić information content (AvgIpc) is 2.99. The second kappa shape index (κ2) is 5.66. The van der Waals surface area contributed by atoms with Crippen molar-refractivity contribution in [2.75, 3.05) is 6.61 Å². The number of carbonyl (C=O) groups is 1. The molecule has 1 atom stereocenters. The summed E-state index contributed by atoms with van der Waals surface area (Å²) in [7, 11) is 0. The zero-order valence-electron chi connectivity index (χ0n) is 12.2. The van der Waals surface area contributed by atoms with E-state index in [4.69, 9.17) is 4.74 Å². The molecule has 0 radical (unpaired) electrons. The Morgan fingerprint density at radius 2 is 1.82 bits per heavy atom. The molecule has 112 valence electrons. The van der Waals surface area contributed by atoms with Gasteiger partial charge in [-0.2, -0.15) is 0 Å². The van der Waals surface area contributed by atoms with Crippen LogP contribution in [0, 0.1) is 0 Å². The van der Waals surface area contributed by atoms with Crippen molar-refractivity contribution in [3.05, 3.63) is 71.9 Å². The fraction of sp³-hybridized carbons (Fsp3) is 0.167. The average molecular weight is 295 g/mol. The maximum absolute atomic E-state index is 12.5. The second-order valence-electron chi connectivity index (χ2n) is 5.07. The van der Waals surface area contributed by atoms with Crippen LogP contribution in [0.3, 0.4) is 0 Å². The molecule has 0 unspecified atom stereocenters. The van der Waals surface area contributed by atoms with Gasteiger partial charge in [0.15, 0.2) is 0 Å². The summed E-state index contributed by atoms with van der Waals surface area (Å²) >= 11 is 0. The highest BCUT2D eigenvalue weighted by Crippen LogP contribution is 2.32. The van der Waals surface area contributed by atoms with Crippen molar-refractivity contribution in [2.45, 2.75) is 12.5 Å². The molecule has 22 heavy (non-hydrogen) atoms. The lowest BCUT2D eigenvalue weighted by Crippen LogP contribution is -2.39. The van der Waals surface area contributed by atoms with E-state index in [-0.39, 0.29) is 6.61 Å². The van der Waals surface area contributed by atoms with E-state index in [2.05, 4.69) is 4.98 Å². The summed E-state index contributed by atoms with van der Waals surface area (Å²) in [5, 5.41) is 12.1. The number of nitrogens with one attached hydrogen (secondary N) is 1. The van der Waals surface area contributed by atoms with Gasteiger partial charge in [0.2, 0.25) is 5.60 Å². The Kier molecular flexibility index (Phi) is 3.69. The number of para-hydroxylation sites is 1. The van der Waals surface area contributed by atoms with Gasteiger partial charge in [-0.1, -0.05) is 48.5 Å². The molecule has 0 aliphatic rings. The van der Waals surface area contributed by atoms with Gasteiger partial charge in [0.05, 0.1) is 12.3 Å². The van der Waals surface area contributed by atoms with E-state index in [0.717, 1.165) is 10.9 Å². The molecular formula is C18H17NO3. The number of aliphatic hydroxyl groups is 1. The van der Waals surface area contributed by atoms with E-state index in [1.54, 1.807) is 37.3 Å². The van der Waals surface area contributed by atoms with Crippen molar-refractivity contribution in [1.82, 2.24) is 4.98 Å². The number of rotatable bonds is 4. The van der Waals surface area contributed by atoms with Crippen molar-refractivity contribution < 1.29 is 14.6 Å². The maximum Gasteiger partial charge on any atom is 0.349 e. The number of carbonyl (C=O) groups excluding carboxylic acids is 1. The van der Waals surface area contributed by atoms with Crippen LogP contribution in [-0.2, 0) is 15.1 Å². The predicted molar refractivity (Wildman–Crippen MR) is 84.4 cm³/mol. The minimum atomic E-state index is -1.85. The van der Waals surface area contributed by atoms with Crippen LogP contribution in [0.4, 0.5) is 0 Å². The first kappa shape index (κ1) is 14.4. The highest BCUT2D eigenvalue weighted by Gasteiger charge is 2.43. The number of aromatic amines is 1. The molecular weight excluding hydrogens is 278 g/mol. The Labute approximate surface area is 128 Å². The van der Waals surface area contributed by atoms with Crippen molar-refractivity contribution >= 4 is 16.9 Å². The number of fused-ring (bicyclic) bond motifs is 1. The Morgan fingerprint density at radius 1 is 1.14 bits per heavy atom. The number of ether oxygens (including phenoxy) is 1. The van der Waals surface area contributed by atoms with Crippen LogP contribution in [-0.4, -0.2) is 22.7 Å². The van der Waals surface area contributed by atoms with Gasteiger partial charge >= 0.3 is 5.97 Å². The lowest BCUT2D eigenvalue weighted by molar-refractivity contribution is -0.161. The van der Waals surface area contributed by atoms with Crippen LogP contribution in [0.25, 0.3) is 10.9 Å². The van der Waals surface area contributed by atoms with Crippen LogP contribution in [0.5, 0.6) is 0 Å². The van der Waals surface area contributed by atoms with Gasteiger partial charge in [-0.3, -0.25) is 0 Å². The SMILES string of the molecule is CCOC(=O)[C@@](O)(c1ccccc1)c1cc2ccccc2[nH]1. The van der Waals surface area contributed by atoms with Gasteiger partial charge in [0.25, 0.3) is 0 Å². The Hall–Kier alpha value is -2.59. The first-order valence-corrected chi connectivity index (χ1v) is 7.19. The quantitative estimate of drug-likeness (QED) is 0.727. The molecule has 3 rings (SSSR count). The molecule has 1 heterocycles. The topological polar surface area (TPSA) is 62.3 Å². The summed E-state index contributed by atoms with van der Waals surface area (Å²) in [5.41, 5.74) is -0.120. The monoisotopic (exact) mass is 295 g/mol. The van der Waals surface area contributed by atoms with E-state index in [0.29, 0.717) is 11.3 Å². The van der Waals surface area contributed by atoms with E-state index in [9.17, 15) is 9.90 Å². The lowest BCUT2D eigenvalue weighted by atomic mass is 9.90. The predicted octanol–water partition coefficient (Wildman–Crippen LogP) is 2.97. The molecule has 0 aliphatic carbocycles. The summed E-state index contributed by atoms with van der Waals surface area (Å²) in [6, 6.07) is 18.2. The zero-order valence-corrected chi connectivity index (χ0v) is 12.2. The van der Waals surface area contributed by atoms with Crippen molar-refractivity contribution in [3.8, 4) is 0 Å². The van der Waals surface area contributed by atoms with E-state index in [1.807, 2.05) is 30.3 Å². The van der Waals surface area contributed by atoms with Crippen LogP contribution in [0.2, 0.25) is 0 Å². The van der Waals surface area contributed by atoms with Crippen LogP contribution < -0.4 is 0 Å². The van der Waals surface area contributed by atoms with Gasteiger partial charge < -0.3 is 14.8 Å². The highest BCUT2D eigenvalue weighted by molar-refractivity contribution is 5.88. The van der Waals surface area contributed by atoms with E-state index >= 15 is 0 Å². The van der Waals surface area contributed by atoms with Gasteiger partial charge in [-0.15, -0.1) is 0 Å². The lowest BCUT2D eigenvalue weighted by Gasteiger charge is -2.25.